The standard InChI is InChI=1S/C22H43NO3/c1-6-14-23(16-17-24-8-3)15-11-20-18-25-22(26-20)12-9-19(10-13-22)21(4,5)7-2/h19-20H,6-18H2,1-5H3. The third-order valence-corrected chi connectivity index (χ3v) is 6.74. The van der Waals surface area contributed by atoms with Gasteiger partial charge in [0.25, 0.3) is 0 Å². The van der Waals surface area contributed by atoms with Crippen LogP contribution in [0, 0.1) is 11.3 Å². The van der Waals surface area contributed by atoms with E-state index in [1.807, 2.05) is 0 Å². The number of ether oxygens (including phenoxy) is 3. The first-order valence-electron chi connectivity index (χ1n) is 11.1. The quantitative estimate of drug-likeness (QED) is 0.487. The zero-order valence-corrected chi connectivity index (χ0v) is 18.0. The minimum atomic E-state index is -0.272. The van der Waals surface area contributed by atoms with Crippen LogP contribution in [0.15, 0.2) is 0 Å². The van der Waals surface area contributed by atoms with Crippen molar-refractivity contribution in [2.75, 3.05) is 39.5 Å². The summed E-state index contributed by atoms with van der Waals surface area (Å²) in [7, 11) is 0. The Morgan fingerprint density at radius 1 is 1.08 bits per heavy atom. The molecule has 0 amide bonds. The maximum absolute atomic E-state index is 6.46. The molecule has 2 aliphatic rings. The Balaban J connectivity index is 1.74. The Kier molecular flexibility index (Phi) is 8.85. The molecular weight excluding hydrogens is 326 g/mol. The van der Waals surface area contributed by atoms with Gasteiger partial charge in [0.2, 0.25) is 0 Å². The lowest BCUT2D eigenvalue weighted by Gasteiger charge is -2.42. The molecule has 2 fully saturated rings. The zero-order valence-electron chi connectivity index (χ0n) is 18.0. The van der Waals surface area contributed by atoms with Gasteiger partial charge in [-0.3, -0.25) is 0 Å². The molecule has 4 heteroatoms. The smallest absolute Gasteiger partial charge is 0.168 e. The summed E-state index contributed by atoms with van der Waals surface area (Å²) in [6.07, 6.45) is 8.39. The Hall–Kier alpha value is -0.160. The van der Waals surface area contributed by atoms with Crippen molar-refractivity contribution < 1.29 is 14.2 Å². The van der Waals surface area contributed by atoms with Crippen molar-refractivity contribution in [3.8, 4) is 0 Å². The molecule has 0 bridgehead atoms. The number of nitrogens with zero attached hydrogens (tertiary/aromatic N) is 1. The summed E-state index contributed by atoms with van der Waals surface area (Å²) < 4.78 is 18.2. The van der Waals surface area contributed by atoms with Crippen molar-refractivity contribution in [1.29, 1.82) is 0 Å². The maximum Gasteiger partial charge on any atom is 0.168 e. The van der Waals surface area contributed by atoms with Gasteiger partial charge in [-0.2, -0.15) is 0 Å². The highest BCUT2D eigenvalue weighted by molar-refractivity contribution is 4.89. The predicted molar refractivity (Wildman–Crippen MR) is 107 cm³/mol. The van der Waals surface area contributed by atoms with Gasteiger partial charge in [-0.15, -0.1) is 0 Å². The average Bonchev–Trinajstić information content (AvgIpc) is 3.03. The summed E-state index contributed by atoms with van der Waals surface area (Å²) in [5.41, 5.74) is 0.445. The highest BCUT2D eigenvalue weighted by Gasteiger charge is 2.46. The van der Waals surface area contributed by atoms with Crippen molar-refractivity contribution in [2.45, 2.75) is 91.5 Å². The Labute approximate surface area is 161 Å². The lowest BCUT2D eigenvalue weighted by atomic mass is 9.68. The van der Waals surface area contributed by atoms with Crippen molar-refractivity contribution in [3.05, 3.63) is 0 Å². The summed E-state index contributed by atoms with van der Waals surface area (Å²) in [5, 5.41) is 0. The maximum atomic E-state index is 6.46. The molecular formula is C22H43NO3. The van der Waals surface area contributed by atoms with E-state index in [2.05, 4.69) is 39.5 Å². The molecule has 1 saturated carbocycles. The summed E-state index contributed by atoms with van der Waals surface area (Å²) in [5.74, 6) is 0.536. The molecule has 1 unspecified atom stereocenters. The second kappa shape index (κ2) is 10.4. The van der Waals surface area contributed by atoms with Gasteiger partial charge in [0.1, 0.15) is 0 Å². The zero-order chi connectivity index (χ0) is 19.0. The summed E-state index contributed by atoms with van der Waals surface area (Å²) >= 11 is 0. The summed E-state index contributed by atoms with van der Waals surface area (Å²) in [4.78, 5) is 2.50. The Morgan fingerprint density at radius 2 is 1.81 bits per heavy atom. The third-order valence-electron chi connectivity index (χ3n) is 6.74. The first-order chi connectivity index (χ1) is 12.4. The van der Waals surface area contributed by atoms with Gasteiger partial charge in [-0.25, -0.2) is 0 Å². The van der Waals surface area contributed by atoms with Gasteiger partial charge in [-0.1, -0.05) is 34.1 Å². The van der Waals surface area contributed by atoms with E-state index in [1.54, 1.807) is 0 Å². The second-order valence-electron chi connectivity index (χ2n) is 8.91. The van der Waals surface area contributed by atoms with Crippen LogP contribution in [0.3, 0.4) is 0 Å². The van der Waals surface area contributed by atoms with Gasteiger partial charge in [0, 0.05) is 32.5 Å². The molecule has 1 saturated heterocycles. The fourth-order valence-corrected chi connectivity index (χ4v) is 4.47. The first kappa shape index (κ1) is 22.1. The van der Waals surface area contributed by atoms with Crippen LogP contribution in [0.4, 0.5) is 0 Å². The van der Waals surface area contributed by atoms with E-state index in [1.165, 1.54) is 25.7 Å². The van der Waals surface area contributed by atoms with E-state index in [4.69, 9.17) is 14.2 Å². The van der Waals surface area contributed by atoms with Crippen LogP contribution < -0.4 is 0 Å². The molecule has 0 aromatic heterocycles. The van der Waals surface area contributed by atoms with E-state index in [0.29, 0.717) is 5.41 Å². The SMILES string of the molecule is CCCN(CCOCC)CCC1COC2(CCC(C(C)(C)CC)CC2)O1. The third kappa shape index (κ3) is 6.19. The second-order valence-corrected chi connectivity index (χ2v) is 8.91. The minimum Gasteiger partial charge on any atom is -0.380 e. The van der Waals surface area contributed by atoms with Crippen LogP contribution in [-0.4, -0.2) is 56.2 Å². The van der Waals surface area contributed by atoms with Crippen LogP contribution in [0.5, 0.6) is 0 Å². The highest BCUT2D eigenvalue weighted by atomic mass is 16.7. The van der Waals surface area contributed by atoms with Crippen LogP contribution in [-0.2, 0) is 14.2 Å². The number of hydrogen-bond acceptors (Lipinski definition) is 4. The van der Waals surface area contributed by atoms with Crippen LogP contribution in [0.2, 0.25) is 0 Å². The lowest BCUT2D eigenvalue weighted by molar-refractivity contribution is -0.197. The van der Waals surface area contributed by atoms with Gasteiger partial charge in [-0.05, 0) is 50.5 Å². The molecule has 1 aliphatic heterocycles. The Bertz CT molecular complexity index is 391. The molecule has 154 valence electrons. The predicted octanol–water partition coefficient (Wildman–Crippen LogP) is 4.86. The molecule has 1 aliphatic carbocycles. The van der Waals surface area contributed by atoms with E-state index in [0.717, 1.165) is 64.6 Å². The van der Waals surface area contributed by atoms with Crippen LogP contribution >= 0.6 is 0 Å². The number of hydrogen-bond donors (Lipinski definition) is 0. The van der Waals surface area contributed by atoms with E-state index < -0.39 is 0 Å². The van der Waals surface area contributed by atoms with E-state index in [-0.39, 0.29) is 11.9 Å². The van der Waals surface area contributed by atoms with Gasteiger partial charge < -0.3 is 19.1 Å². The molecule has 26 heavy (non-hydrogen) atoms. The van der Waals surface area contributed by atoms with Crippen molar-refractivity contribution >= 4 is 0 Å². The fraction of sp³-hybridized carbons (Fsp3) is 1.00. The number of rotatable bonds is 11. The topological polar surface area (TPSA) is 30.9 Å². The van der Waals surface area contributed by atoms with Crippen LogP contribution in [0.25, 0.3) is 0 Å². The van der Waals surface area contributed by atoms with Crippen molar-refractivity contribution in [3.63, 3.8) is 0 Å². The van der Waals surface area contributed by atoms with Crippen molar-refractivity contribution in [2.24, 2.45) is 11.3 Å². The molecule has 0 N–H and O–H groups in total. The van der Waals surface area contributed by atoms with Gasteiger partial charge in [0.05, 0.1) is 19.3 Å². The molecule has 0 aromatic carbocycles. The van der Waals surface area contributed by atoms with Gasteiger partial charge in [0.15, 0.2) is 5.79 Å². The fourth-order valence-electron chi connectivity index (χ4n) is 4.47. The monoisotopic (exact) mass is 369 g/mol. The minimum absolute atomic E-state index is 0.261. The first-order valence-corrected chi connectivity index (χ1v) is 11.1. The lowest BCUT2D eigenvalue weighted by Crippen LogP contribution is -2.39. The van der Waals surface area contributed by atoms with Gasteiger partial charge >= 0.3 is 0 Å². The molecule has 0 radical (unpaired) electrons. The van der Waals surface area contributed by atoms with Crippen molar-refractivity contribution in [1.82, 2.24) is 4.90 Å². The normalized spacial score (nSPS) is 29.8. The average molecular weight is 370 g/mol. The van der Waals surface area contributed by atoms with E-state index in [9.17, 15) is 0 Å². The molecule has 4 nitrogen and oxygen atoms in total. The van der Waals surface area contributed by atoms with E-state index >= 15 is 0 Å². The largest absolute Gasteiger partial charge is 0.380 e. The summed E-state index contributed by atoms with van der Waals surface area (Å²) in [6.45, 7) is 17.1. The Morgan fingerprint density at radius 3 is 2.42 bits per heavy atom. The molecule has 2 rings (SSSR count). The molecule has 1 heterocycles. The molecule has 0 aromatic rings. The highest BCUT2D eigenvalue weighted by Crippen LogP contribution is 2.47. The summed E-state index contributed by atoms with van der Waals surface area (Å²) in [6, 6.07) is 0. The molecule has 1 atom stereocenters. The van der Waals surface area contributed by atoms with Crippen LogP contribution in [0.1, 0.15) is 79.6 Å². The molecule has 1 spiro atoms.